The van der Waals surface area contributed by atoms with Crippen LogP contribution in [0.3, 0.4) is 0 Å². The molecule has 0 bridgehead atoms. The molecule has 0 saturated carbocycles. The molecule has 0 saturated heterocycles. The zero-order valence-corrected chi connectivity index (χ0v) is 17.1. The minimum absolute atomic E-state index is 0.0162. The van der Waals surface area contributed by atoms with Crippen molar-refractivity contribution in [3.05, 3.63) is 71.8 Å². The van der Waals surface area contributed by atoms with E-state index in [-0.39, 0.29) is 16.5 Å². The molecule has 0 radical (unpaired) electrons. The van der Waals surface area contributed by atoms with Crippen LogP contribution in [0.4, 0.5) is 18.9 Å². The third-order valence-corrected chi connectivity index (χ3v) is 5.26. The zero-order chi connectivity index (χ0) is 21.7. The lowest BCUT2D eigenvalue weighted by Gasteiger charge is -2.12. The molecule has 3 aromatic rings. The van der Waals surface area contributed by atoms with E-state index in [0.29, 0.717) is 17.5 Å². The van der Waals surface area contributed by atoms with Crippen LogP contribution in [0.25, 0.3) is 11.4 Å². The van der Waals surface area contributed by atoms with E-state index < -0.39 is 17.6 Å². The Morgan fingerprint density at radius 2 is 1.93 bits per heavy atom. The van der Waals surface area contributed by atoms with Gasteiger partial charge in [0.1, 0.15) is 0 Å². The first-order chi connectivity index (χ1) is 14.3. The van der Waals surface area contributed by atoms with Crippen LogP contribution in [0.1, 0.15) is 5.56 Å². The van der Waals surface area contributed by atoms with Crippen LogP contribution in [-0.2, 0) is 17.5 Å². The summed E-state index contributed by atoms with van der Waals surface area (Å²) in [4.78, 5) is 12.3. The highest BCUT2D eigenvalue weighted by atomic mass is 35.5. The first-order valence-electron chi connectivity index (χ1n) is 8.68. The smallest absolute Gasteiger partial charge is 0.324 e. The van der Waals surface area contributed by atoms with E-state index in [9.17, 15) is 18.0 Å². The fourth-order valence-corrected chi connectivity index (χ4v) is 3.52. The number of nitrogens with one attached hydrogen (secondary N) is 1. The van der Waals surface area contributed by atoms with Crippen LogP contribution in [-0.4, -0.2) is 26.4 Å². The van der Waals surface area contributed by atoms with Gasteiger partial charge in [-0.15, -0.1) is 16.8 Å². The number of anilines is 1. The SMILES string of the molecule is C=CCn1c(SCC(=O)Nc2cc(C(F)(F)F)ccc2Cl)nnc1-c1ccccc1. The molecule has 156 valence electrons. The summed E-state index contributed by atoms with van der Waals surface area (Å²) in [6.45, 7) is 4.16. The maximum absolute atomic E-state index is 12.9. The van der Waals surface area contributed by atoms with Crippen molar-refractivity contribution in [3.8, 4) is 11.4 Å². The maximum Gasteiger partial charge on any atom is 0.416 e. The molecule has 0 spiro atoms. The molecule has 0 aliphatic heterocycles. The average Bonchev–Trinajstić information content (AvgIpc) is 3.11. The van der Waals surface area contributed by atoms with Gasteiger partial charge in [0.15, 0.2) is 11.0 Å². The lowest BCUT2D eigenvalue weighted by Crippen LogP contribution is -2.16. The van der Waals surface area contributed by atoms with Gasteiger partial charge >= 0.3 is 6.18 Å². The van der Waals surface area contributed by atoms with E-state index in [0.717, 1.165) is 35.5 Å². The Labute approximate surface area is 180 Å². The molecular formula is C20H16ClF3N4OS. The summed E-state index contributed by atoms with van der Waals surface area (Å²) >= 11 is 7.03. The van der Waals surface area contributed by atoms with E-state index in [1.165, 1.54) is 0 Å². The second kappa shape index (κ2) is 9.36. The Morgan fingerprint density at radius 1 is 1.20 bits per heavy atom. The monoisotopic (exact) mass is 452 g/mol. The van der Waals surface area contributed by atoms with E-state index in [2.05, 4.69) is 22.1 Å². The minimum Gasteiger partial charge on any atom is -0.324 e. The number of halogens is 4. The van der Waals surface area contributed by atoms with Crippen LogP contribution in [0.15, 0.2) is 66.3 Å². The van der Waals surface area contributed by atoms with Crippen LogP contribution in [0.5, 0.6) is 0 Å². The zero-order valence-electron chi connectivity index (χ0n) is 15.5. The summed E-state index contributed by atoms with van der Waals surface area (Å²) in [6, 6.07) is 12.2. The summed E-state index contributed by atoms with van der Waals surface area (Å²) in [5.74, 6) is 0.0198. The number of carbonyl (C=O) groups is 1. The molecule has 10 heteroatoms. The highest BCUT2D eigenvalue weighted by molar-refractivity contribution is 7.99. The second-order valence-corrected chi connectivity index (χ2v) is 7.45. The predicted molar refractivity (Wildman–Crippen MR) is 111 cm³/mol. The fourth-order valence-electron chi connectivity index (χ4n) is 2.60. The van der Waals surface area contributed by atoms with E-state index >= 15 is 0 Å². The number of allylic oxidation sites excluding steroid dienone is 1. The number of hydrogen-bond acceptors (Lipinski definition) is 4. The Bertz CT molecular complexity index is 1050. The van der Waals surface area contributed by atoms with Gasteiger partial charge in [0.2, 0.25) is 5.91 Å². The largest absolute Gasteiger partial charge is 0.416 e. The number of rotatable bonds is 7. The Morgan fingerprint density at radius 3 is 2.60 bits per heavy atom. The minimum atomic E-state index is -4.53. The molecule has 1 heterocycles. The van der Waals surface area contributed by atoms with Crippen molar-refractivity contribution in [2.45, 2.75) is 17.9 Å². The fraction of sp³-hybridized carbons (Fsp3) is 0.150. The topological polar surface area (TPSA) is 59.8 Å². The van der Waals surface area contributed by atoms with Gasteiger partial charge in [-0.3, -0.25) is 9.36 Å². The molecule has 0 fully saturated rings. The molecule has 0 aliphatic rings. The van der Waals surface area contributed by atoms with Crippen molar-refractivity contribution in [1.29, 1.82) is 0 Å². The van der Waals surface area contributed by atoms with Gasteiger partial charge in [0, 0.05) is 12.1 Å². The summed E-state index contributed by atoms with van der Waals surface area (Å²) < 4.78 is 40.4. The number of benzene rings is 2. The van der Waals surface area contributed by atoms with Crippen molar-refractivity contribution in [2.75, 3.05) is 11.1 Å². The number of carbonyl (C=O) groups excluding carboxylic acids is 1. The van der Waals surface area contributed by atoms with Crippen LogP contribution in [0.2, 0.25) is 5.02 Å². The lowest BCUT2D eigenvalue weighted by molar-refractivity contribution is -0.137. The molecule has 0 aliphatic carbocycles. The summed E-state index contributed by atoms with van der Waals surface area (Å²) in [6.07, 6.45) is -2.85. The molecular weight excluding hydrogens is 437 g/mol. The molecule has 3 rings (SSSR count). The molecule has 30 heavy (non-hydrogen) atoms. The molecule has 2 aromatic carbocycles. The van der Waals surface area contributed by atoms with Gasteiger partial charge in [0.05, 0.1) is 22.0 Å². The molecule has 0 unspecified atom stereocenters. The van der Waals surface area contributed by atoms with Gasteiger partial charge in [-0.2, -0.15) is 13.2 Å². The van der Waals surface area contributed by atoms with Crippen molar-refractivity contribution >= 4 is 35.0 Å². The summed E-state index contributed by atoms with van der Waals surface area (Å²) in [7, 11) is 0. The Kier molecular flexibility index (Phi) is 6.84. The van der Waals surface area contributed by atoms with Crippen LogP contribution < -0.4 is 5.32 Å². The van der Waals surface area contributed by atoms with E-state index in [1.807, 2.05) is 30.3 Å². The van der Waals surface area contributed by atoms with Gasteiger partial charge in [0.25, 0.3) is 0 Å². The lowest BCUT2D eigenvalue weighted by atomic mass is 10.2. The summed E-state index contributed by atoms with van der Waals surface area (Å²) in [5, 5.41) is 11.2. The van der Waals surface area contributed by atoms with Gasteiger partial charge in [-0.05, 0) is 18.2 Å². The normalized spacial score (nSPS) is 11.3. The standard InChI is InChI=1S/C20H16ClF3N4OS/c1-2-10-28-18(13-6-4-3-5-7-13)26-27-19(28)30-12-17(29)25-16-11-14(20(22,23)24)8-9-15(16)21/h2-9,11H,1,10,12H2,(H,25,29). The number of amides is 1. The Balaban J connectivity index is 1.73. The number of hydrogen-bond donors (Lipinski definition) is 1. The van der Waals surface area contributed by atoms with Crippen molar-refractivity contribution < 1.29 is 18.0 Å². The first-order valence-corrected chi connectivity index (χ1v) is 10.0. The third kappa shape index (κ3) is 5.22. The number of aromatic nitrogens is 3. The third-order valence-electron chi connectivity index (χ3n) is 3.96. The van der Waals surface area contributed by atoms with Crippen molar-refractivity contribution in [3.63, 3.8) is 0 Å². The highest BCUT2D eigenvalue weighted by Gasteiger charge is 2.31. The summed E-state index contributed by atoms with van der Waals surface area (Å²) in [5.41, 5.74) is -0.137. The first kappa shape index (κ1) is 21.9. The highest BCUT2D eigenvalue weighted by Crippen LogP contribution is 2.34. The number of nitrogens with zero attached hydrogens (tertiary/aromatic N) is 3. The molecule has 1 aromatic heterocycles. The molecule has 1 N–H and O–H groups in total. The molecule has 1 amide bonds. The molecule has 0 atom stereocenters. The Hall–Kier alpha value is -2.78. The average molecular weight is 453 g/mol. The van der Waals surface area contributed by atoms with E-state index in [1.54, 1.807) is 10.6 Å². The van der Waals surface area contributed by atoms with Crippen LogP contribution >= 0.6 is 23.4 Å². The predicted octanol–water partition coefficient (Wildman–Crippen LogP) is 5.53. The maximum atomic E-state index is 12.9. The van der Waals surface area contributed by atoms with E-state index in [4.69, 9.17) is 11.6 Å². The quantitative estimate of drug-likeness (QED) is 0.378. The molecule has 5 nitrogen and oxygen atoms in total. The van der Waals surface area contributed by atoms with Gasteiger partial charge in [-0.25, -0.2) is 0 Å². The van der Waals surface area contributed by atoms with Crippen molar-refractivity contribution in [2.24, 2.45) is 0 Å². The van der Waals surface area contributed by atoms with Crippen LogP contribution in [0, 0.1) is 0 Å². The number of alkyl halides is 3. The van der Waals surface area contributed by atoms with Gasteiger partial charge in [-0.1, -0.05) is 59.8 Å². The number of thioether (sulfide) groups is 1. The second-order valence-electron chi connectivity index (χ2n) is 6.10. The van der Waals surface area contributed by atoms with Crippen molar-refractivity contribution in [1.82, 2.24) is 14.8 Å². The van der Waals surface area contributed by atoms with Gasteiger partial charge < -0.3 is 5.32 Å².